The third-order valence-corrected chi connectivity index (χ3v) is 6.65. The van der Waals surface area contributed by atoms with Crippen LogP contribution >= 0.6 is 0 Å². The number of rotatable bonds is 9. The minimum Gasteiger partial charge on any atom is -0.459 e. The fourth-order valence-corrected chi connectivity index (χ4v) is 4.12. The van der Waals surface area contributed by atoms with Gasteiger partial charge in [-0.15, -0.1) is 0 Å². The molecule has 0 aromatic heterocycles. The molecule has 0 N–H and O–H groups in total. The molecule has 0 aliphatic carbocycles. The largest absolute Gasteiger partial charge is 0.459 e. The number of esters is 1. The molecule has 0 bridgehead atoms. The smallest absolute Gasteiger partial charge is 0.331 e. The summed E-state index contributed by atoms with van der Waals surface area (Å²) in [5, 5.41) is 0. The van der Waals surface area contributed by atoms with Crippen molar-refractivity contribution in [2.45, 2.75) is 42.9 Å². The highest BCUT2D eigenvalue weighted by atomic mass is 32.2. The lowest BCUT2D eigenvalue weighted by atomic mass is 10.1. The summed E-state index contributed by atoms with van der Waals surface area (Å²) in [5.41, 5.74) is -0.163. The van der Waals surface area contributed by atoms with Crippen molar-refractivity contribution in [1.82, 2.24) is 0 Å². The standard InChI is InChI=1S/C22H26O7S2/c1-6-17-12-14-19(15-13-17)31(25,26)27-16-22(5,20(23)28-21(2,3)4)30(24)29-18-10-8-7-9-11-18/h6-15H,1,16H2,2-5H3. The minimum absolute atomic E-state index is 0.112. The number of hydrogen-bond acceptors (Lipinski definition) is 7. The van der Waals surface area contributed by atoms with Crippen LogP contribution in [0, 0.1) is 0 Å². The Balaban J connectivity index is 2.29. The number of benzene rings is 2. The summed E-state index contributed by atoms with van der Waals surface area (Å²) < 4.78 is 52.2. The summed E-state index contributed by atoms with van der Waals surface area (Å²) in [6.45, 7) is 9.08. The highest BCUT2D eigenvalue weighted by molar-refractivity contribution is 7.87. The summed E-state index contributed by atoms with van der Waals surface area (Å²) in [6, 6.07) is 14.0. The van der Waals surface area contributed by atoms with Crippen molar-refractivity contribution >= 4 is 33.2 Å². The first-order valence-corrected chi connectivity index (χ1v) is 11.9. The Hall–Kier alpha value is -2.49. The molecular weight excluding hydrogens is 440 g/mol. The van der Waals surface area contributed by atoms with Gasteiger partial charge in [0.05, 0.1) is 11.5 Å². The highest BCUT2D eigenvalue weighted by Gasteiger charge is 2.47. The normalized spacial score (nSPS) is 14.8. The van der Waals surface area contributed by atoms with Crippen LogP contribution in [0.15, 0.2) is 66.1 Å². The van der Waals surface area contributed by atoms with E-state index in [0.29, 0.717) is 0 Å². The van der Waals surface area contributed by atoms with Crippen LogP contribution in [0.5, 0.6) is 5.75 Å². The van der Waals surface area contributed by atoms with Gasteiger partial charge in [0.25, 0.3) is 10.1 Å². The van der Waals surface area contributed by atoms with E-state index in [1.165, 1.54) is 19.1 Å². The molecule has 0 saturated carbocycles. The summed E-state index contributed by atoms with van der Waals surface area (Å²) in [6.07, 6.45) is 1.57. The fraction of sp³-hybridized carbons (Fsp3) is 0.318. The van der Waals surface area contributed by atoms with Crippen LogP contribution in [0.2, 0.25) is 0 Å². The molecule has 2 atom stereocenters. The Bertz CT molecular complexity index is 1040. The molecule has 2 aromatic rings. The summed E-state index contributed by atoms with van der Waals surface area (Å²) in [4.78, 5) is 12.8. The average Bonchev–Trinajstić information content (AvgIpc) is 2.71. The quantitative estimate of drug-likeness (QED) is 0.409. The van der Waals surface area contributed by atoms with Crippen LogP contribution in [-0.2, 0) is 34.9 Å². The first-order valence-electron chi connectivity index (χ1n) is 9.38. The van der Waals surface area contributed by atoms with E-state index in [2.05, 4.69) is 6.58 Å². The van der Waals surface area contributed by atoms with E-state index >= 15 is 0 Å². The second kappa shape index (κ2) is 9.76. The molecule has 0 radical (unpaired) electrons. The SMILES string of the molecule is C=Cc1ccc(S(=O)(=O)OCC(C)(C(=O)OC(C)(C)C)S(=O)Oc2ccccc2)cc1. The number of hydrogen-bond donors (Lipinski definition) is 0. The van der Waals surface area contributed by atoms with Gasteiger partial charge in [-0.1, -0.05) is 43.0 Å². The van der Waals surface area contributed by atoms with Gasteiger partial charge in [-0.05, 0) is 57.5 Å². The van der Waals surface area contributed by atoms with Crippen molar-refractivity contribution in [3.63, 3.8) is 0 Å². The van der Waals surface area contributed by atoms with Crippen molar-refractivity contribution in [3.8, 4) is 5.75 Å². The van der Waals surface area contributed by atoms with Gasteiger partial charge < -0.3 is 8.92 Å². The molecule has 0 aliphatic rings. The zero-order valence-electron chi connectivity index (χ0n) is 17.9. The van der Waals surface area contributed by atoms with E-state index in [1.54, 1.807) is 69.3 Å². The molecule has 168 valence electrons. The Morgan fingerprint density at radius 3 is 2.13 bits per heavy atom. The van der Waals surface area contributed by atoms with Gasteiger partial charge in [0.1, 0.15) is 11.4 Å². The van der Waals surface area contributed by atoms with Crippen LogP contribution in [-0.4, -0.2) is 35.6 Å². The Kier molecular flexibility index (Phi) is 7.80. The lowest BCUT2D eigenvalue weighted by Gasteiger charge is -2.29. The fourth-order valence-electron chi connectivity index (χ4n) is 2.25. The Morgan fingerprint density at radius 2 is 1.61 bits per heavy atom. The zero-order valence-corrected chi connectivity index (χ0v) is 19.5. The Morgan fingerprint density at radius 1 is 1.03 bits per heavy atom. The second-order valence-corrected chi connectivity index (χ2v) is 11.0. The predicted molar refractivity (Wildman–Crippen MR) is 119 cm³/mol. The number of carbonyl (C=O) groups is 1. The maximum Gasteiger partial charge on any atom is 0.331 e. The first kappa shape index (κ1) is 24.8. The van der Waals surface area contributed by atoms with Gasteiger partial charge in [-0.2, -0.15) is 8.42 Å². The topological polar surface area (TPSA) is 96.0 Å². The van der Waals surface area contributed by atoms with Gasteiger partial charge in [0.2, 0.25) is 15.8 Å². The zero-order chi connectivity index (χ0) is 23.3. The van der Waals surface area contributed by atoms with E-state index in [-0.39, 0.29) is 10.6 Å². The Labute approximate surface area is 185 Å². The van der Waals surface area contributed by atoms with Gasteiger partial charge in [-0.3, -0.25) is 8.98 Å². The van der Waals surface area contributed by atoms with Gasteiger partial charge in [-0.25, -0.2) is 4.21 Å². The molecule has 0 aliphatic heterocycles. The van der Waals surface area contributed by atoms with E-state index in [9.17, 15) is 17.4 Å². The number of carbonyl (C=O) groups excluding carboxylic acids is 1. The van der Waals surface area contributed by atoms with Crippen LogP contribution in [0.25, 0.3) is 6.08 Å². The lowest BCUT2D eigenvalue weighted by molar-refractivity contribution is -0.158. The van der Waals surface area contributed by atoms with Gasteiger partial charge in [0, 0.05) is 0 Å². The summed E-state index contributed by atoms with van der Waals surface area (Å²) in [5.74, 6) is -0.662. The summed E-state index contributed by atoms with van der Waals surface area (Å²) >= 11 is -2.31. The van der Waals surface area contributed by atoms with E-state index in [4.69, 9.17) is 13.1 Å². The van der Waals surface area contributed by atoms with E-state index in [0.717, 1.165) is 5.56 Å². The highest BCUT2D eigenvalue weighted by Crippen LogP contribution is 2.26. The number of para-hydroxylation sites is 1. The molecule has 9 heteroatoms. The molecule has 0 spiro atoms. The molecule has 31 heavy (non-hydrogen) atoms. The molecular formula is C22H26O7S2. The van der Waals surface area contributed by atoms with E-state index in [1.807, 2.05) is 0 Å². The second-order valence-electron chi connectivity index (χ2n) is 7.85. The van der Waals surface area contributed by atoms with Crippen LogP contribution in [0.4, 0.5) is 0 Å². The van der Waals surface area contributed by atoms with Gasteiger partial charge >= 0.3 is 5.97 Å². The first-order chi connectivity index (χ1) is 14.4. The molecule has 0 heterocycles. The predicted octanol–water partition coefficient (Wildman–Crippen LogP) is 3.88. The third kappa shape index (κ3) is 6.75. The van der Waals surface area contributed by atoms with Crippen molar-refractivity contribution < 1.29 is 30.5 Å². The van der Waals surface area contributed by atoms with Crippen molar-refractivity contribution in [2.24, 2.45) is 0 Å². The van der Waals surface area contributed by atoms with Crippen molar-refractivity contribution in [1.29, 1.82) is 0 Å². The maximum atomic E-state index is 13.0. The molecule has 7 nitrogen and oxygen atoms in total. The molecule has 2 aromatic carbocycles. The van der Waals surface area contributed by atoms with Crippen LogP contribution in [0.3, 0.4) is 0 Å². The third-order valence-electron chi connectivity index (χ3n) is 4.01. The monoisotopic (exact) mass is 466 g/mol. The maximum absolute atomic E-state index is 13.0. The molecule has 0 fully saturated rings. The molecule has 0 amide bonds. The summed E-state index contributed by atoms with van der Waals surface area (Å²) in [7, 11) is -4.23. The van der Waals surface area contributed by atoms with Crippen LogP contribution in [0.1, 0.15) is 33.3 Å². The van der Waals surface area contributed by atoms with Crippen LogP contribution < -0.4 is 4.18 Å². The van der Waals surface area contributed by atoms with Crippen molar-refractivity contribution in [2.75, 3.05) is 6.61 Å². The number of ether oxygens (including phenoxy) is 1. The van der Waals surface area contributed by atoms with E-state index < -0.39 is 44.1 Å². The van der Waals surface area contributed by atoms with Gasteiger partial charge in [0.15, 0.2) is 0 Å². The van der Waals surface area contributed by atoms with Crippen molar-refractivity contribution in [3.05, 3.63) is 66.7 Å². The average molecular weight is 467 g/mol. The molecule has 2 unspecified atom stereocenters. The lowest BCUT2D eigenvalue weighted by Crippen LogP contribution is -2.49. The molecule has 0 saturated heterocycles. The molecule has 2 rings (SSSR count). The minimum atomic E-state index is -4.23.